The number of halogens is 3. The average Bonchev–Trinajstić information content (AvgIpc) is 3.31. The smallest absolute Gasteiger partial charge is 0.416 e. The summed E-state index contributed by atoms with van der Waals surface area (Å²) in [6.07, 6.45) is -4.97. The topological polar surface area (TPSA) is 125 Å². The molecule has 1 aliphatic heterocycles. The molecule has 0 aliphatic carbocycles. The molecular formula is C30H37F3N4O6S. The predicted octanol–water partition coefficient (Wildman–Crippen LogP) is 4.39. The highest BCUT2D eigenvalue weighted by molar-refractivity contribution is 7.92. The molecule has 0 bridgehead atoms. The van der Waals surface area contributed by atoms with Crippen molar-refractivity contribution in [2.24, 2.45) is 5.92 Å². The Labute approximate surface area is 254 Å². The van der Waals surface area contributed by atoms with E-state index in [0.717, 1.165) is 12.1 Å². The van der Waals surface area contributed by atoms with Gasteiger partial charge in [0, 0.05) is 36.8 Å². The Balaban J connectivity index is 1.61. The summed E-state index contributed by atoms with van der Waals surface area (Å²) in [5, 5.41) is 13.6. The van der Waals surface area contributed by atoms with E-state index in [2.05, 4.69) is 9.88 Å². The average molecular weight is 639 g/mol. The molecule has 0 saturated heterocycles. The molecule has 2 heterocycles. The van der Waals surface area contributed by atoms with Gasteiger partial charge in [0.05, 0.1) is 24.6 Å². The third-order valence-electron chi connectivity index (χ3n) is 7.63. The lowest BCUT2D eigenvalue weighted by Gasteiger charge is -2.34. The van der Waals surface area contributed by atoms with Crippen molar-refractivity contribution in [1.29, 1.82) is 0 Å². The van der Waals surface area contributed by atoms with Gasteiger partial charge in [0.2, 0.25) is 5.91 Å². The van der Waals surface area contributed by atoms with Gasteiger partial charge in [-0.3, -0.25) is 14.4 Å². The summed E-state index contributed by atoms with van der Waals surface area (Å²) in [5.74, 6) is 0.0819. The number of rotatable bonds is 9. The molecule has 4 rings (SSSR count). The van der Waals surface area contributed by atoms with Crippen LogP contribution in [0.3, 0.4) is 0 Å². The molecule has 0 saturated carbocycles. The minimum absolute atomic E-state index is 0.0683. The van der Waals surface area contributed by atoms with Gasteiger partial charge >= 0.3 is 6.18 Å². The molecule has 0 spiro atoms. The van der Waals surface area contributed by atoms with Crippen molar-refractivity contribution in [2.75, 3.05) is 31.5 Å². The molecule has 10 nitrogen and oxygen atoms in total. The molecule has 0 radical (unpaired) electrons. The highest BCUT2D eigenvalue weighted by Crippen LogP contribution is 2.32. The number of anilines is 1. The molecule has 2 N–H and O–H groups in total. The fourth-order valence-electron chi connectivity index (χ4n) is 5.26. The molecule has 0 unspecified atom stereocenters. The van der Waals surface area contributed by atoms with Crippen LogP contribution in [0.5, 0.6) is 5.75 Å². The van der Waals surface area contributed by atoms with Crippen LogP contribution in [0.2, 0.25) is 0 Å². The van der Waals surface area contributed by atoms with Crippen LogP contribution < -0.4 is 9.46 Å². The molecule has 14 heteroatoms. The number of aliphatic hydroxyl groups excluding tert-OH is 1. The molecule has 1 aliphatic rings. The highest BCUT2D eigenvalue weighted by atomic mass is 32.2. The first-order valence-corrected chi connectivity index (χ1v) is 15.6. The van der Waals surface area contributed by atoms with E-state index in [1.54, 1.807) is 30.0 Å². The number of ether oxygens (including phenoxy) is 1. The maximum absolute atomic E-state index is 13.5. The lowest BCUT2D eigenvalue weighted by atomic mass is 10.0. The summed E-state index contributed by atoms with van der Waals surface area (Å²) in [6.45, 7) is 7.46. The first kappa shape index (κ1) is 33.3. The number of aryl methyl sites for hydroxylation is 2. The fourth-order valence-corrected chi connectivity index (χ4v) is 6.64. The number of nitrogens with zero attached hydrogens (tertiary/aromatic N) is 3. The van der Waals surface area contributed by atoms with Gasteiger partial charge < -0.3 is 19.3 Å². The number of nitrogens with one attached hydrogen (secondary N) is 1. The quantitative estimate of drug-likeness (QED) is 0.354. The first-order chi connectivity index (χ1) is 20.6. The Morgan fingerprint density at radius 2 is 1.86 bits per heavy atom. The van der Waals surface area contributed by atoms with Crippen LogP contribution in [0, 0.1) is 19.8 Å². The molecule has 44 heavy (non-hydrogen) atoms. The number of aromatic nitrogens is 1. The maximum atomic E-state index is 13.5. The number of sulfonamides is 1. The number of likely N-dealkylation sites (N-methyl/N-ethyl adjacent to an activating group) is 1. The van der Waals surface area contributed by atoms with Crippen molar-refractivity contribution in [1.82, 2.24) is 15.0 Å². The standard InChI is InChI=1S/C30H37F3N4O6S/c1-18-14-37(19(2)17-38)28(39)13-23-12-25(35-44(40,41)29-20(3)34-43-21(29)4)10-11-26(23)42-27(18)16-36(5)15-22-6-8-24(9-7-22)30(31,32)33/h6-12,18-19,27,35,38H,13-17H2,1-5H3/t18-,19+,27+/m0/s1. The minimum Gasteiger partial charge on any atom is -0.488 e. The lowest BCUT2D eigenvalue weighted by Crippen LogP contribution is -2.47. The van der Waals surface area contributed by atoms with E-state index in [-0.39, 0.29) is 46.9 Å². The van der Waals surface area contributed by atoms with E-state index in [0.29, 0.717) is 36.5 Å². The van der Waals surface area contributed by atoms with Crippen molar-refractivity contribution in [3.8, 4) is 5.75 Å². The second-order valence-electron chi connectivity index (χ2n) is 11.4. The maximum Gasteiger partial charge on any atom is 0.416 e. The molecule has 240 valence electrons. The Kier molecular flexibility index (Phi) is 9.96. The van der Waals surface area contributed by atoms with Crippen LogP contribution in [-0.2, 0) is 34.0 Å². The van der Waals surface area contributed by atoms with Crippen molar-refractivity contribution in [3.63, 3.8) is 0 Å². The first-order valence-electron chi connectivity index (χ1n) is 14.1. The zero-order chi connectivity index (χ0) is 32.4. The molecule has 1 amide bonds. The van der Waals surface area contributed by atoms with Crippen LogP contribution in [0.15, 0.2) is 51.9 Å². The second kappa shape index (κ2) is 13.2. The van der Waals surface area contributed by atoms with Crippen molar-refractivity contribution < 1.29 is 40.8 Å². The SMILES string of the molecule is Cc1noc(C)c1S(=O)(=O)Nc1ccc2c(c1)CC(=O)N([C@H](C)CO)C[C@H](C)[C@@H](CN(C)Cc1ccc(C(F)(F)F)cc1)O2. The van der Waals surface area contributed by atoms with Crippen molar-refractivity contribution in [3.05, 3.63) is 70.6 Å². The van der Waals surface area contributed by atoms with Gasteiger partial charge in [0.1, 0.15) is 17.5 Å². The van der Waals surface area contributed by atoms with Crippen LogP contribution >= 0.6 is 0 Å². The summed E-state index contributed by atoms with van der Waals surface area (Å²) in [7, 11) is -2.22. The van der Waals surface area contributed by atoms with Crippen LogP contribution in [0.25, 0.3) is 0 Å². The van der Waals surface area contributed by atoms with E-state index < -0.39 is 33.9 Å². The fraction of sp³-hybridized carbons (Fsp3) is 0.467. The minimum atomic E-state index is -4.42. The Morgan fingerprint density at radius 3 is 2.45 bits per heavy atom. The number of hydrogen-bond acceptors (Lipinski definition) is 8. The number of aliphatic hydroxyl groups is 1. The van der Waals surface area contributed by atoms with E-state index in [4.69, 9.17) is 9.26 Å². The zero-order valence-corrected chi connectivity index (χ0v) is 26.0. The van der Waals surface area contributed by atoms with Gasteiger partial charge in [-0.05, 0) is 63.7 Å². The van der Waals surface area contributed by atoms with Gasteiger partial charge in [-0.25, -0.2) is 8.42 Å². The molecule has 0 fully saturated rings. The van der Waals surface area contributed by atoms with E-state index in [1.807, 2.05) is 18.9 Å². The largest absolute Gasteiger partial charge is 0.488 e. The Morgan fingerprint density at radius 1 is 1.18 bits per heavy atom. The monoisotopic (exact) mass is 638 g/mol. The highest BCUT2D eigenvalue weighted by Gasteiger charge is 2.32. The van der Waals surface area contributed by atoms with Gasteiger partial charge in [-0.15, -0.1) is 0 Å². The molecule has 2 aromatic carbocycles. The summed E-state index contributed by atoms with van der Waals surface area (Å²) in [4.78, 5) is 16.9. The number of fused-ring (bicyclic) bond motifs is 1. The number of hydrogen-bond donors (Lipinski definition) is 2. The van der Waals surface area contributed by atoms with Crippen molar-refractivity contribution in [2.45, 2.75) is 63.9 Å². The number of alkyl halides is 3. The zero-order valence-electron chi connectivity index (χ0n) is 25.2. The summed E-state index contributed by atoms with van der Waals surface area (Å²) >= 11 is 0. The third kappa shape index (κ3) is 7.71. The van der Waals surface area contributed by atoms with E-state index in [9.17, 15) is 31.5 Å². The van der Waals surface area contributed by atoms with Gasteiger partial charge in [-0.1, -0.05) is 24.2 Å². The van der Waals surface area contributed by atoms with Gasteiger partial charge in [-0.2, -0.15) is 13.2 Å². The number of amides is 1. The molecule has 1 aromatic heterocycles. The summed E-state index contributed by atoms with van der Waals surface area (Å²) < 4.78 is 79.2. The second-order valence-corrected chi connectivity index (χ2v) is 13.0. The van der Waals surface area contributed by atoms with Crippen LogP contribution in [0.4, 0.5) is 18.9 Å². The van der Waals surface area contributed by atoms with Crippen molar-refractivity contribution >= 4 is 21.6 Å². The summed E-state index contributed by atoms with van der Waals surface area (Å²) in [5.41, 5.74) is 0.850. The predicted molar refractivity (Wildman–Crippen MR) is 157 cm³/mol. The number of carbonyl (C=O) groups excluding carboxylic acids is 1. The lowest BCUT2D eigenvalue weighted by molar-refractivity contribution is -0.137. The van der Waals surface area contributed by atoms with Crippen LogP contribution in [-0.4, -0.2) is 73.3 Å². The summed E-state index contributed by atoms with van der Waals surface area (Å²) in [6, 6.07) is 9.20. The molecule has 3 aromatic rings. The van der Waals surface area contributed by atoms with Crippen LogP contribution in [0.1, 0.15) is 42.0 Å². The van der Waals surface area contributed by atoms with E-state index in [1.165, 1.54) is 26.0 Å². The number of carbonyl (C=O) groups is 1. The molecule has 3 atom stereocenters. The van der Waals surface area contributed by atoms with Gasteiger partial charge in [0.15, 0.2) is 10.7 Å². The van der Waals surface area contributed by atoms with Gasteiger partial charge in [0.25, 0.3) is 10.0 Å². The normalized spacial score (nSPS) is 18.7. The number of benzene rings is 2. The van der Waals surface area contributed by atoms with E-state index >= 15 is 0 Å². The Bertz CT molecular complexity index is 1560. The molecular weight excluding hydrogens is 601 g/mol. The Hall–Kier alpha value is -3.62. The third-order valence-corrected chi connectivity index (χ3v) is 9.26.